The first kappa shape index (κ1) is 27.5. The fourth-order valence-electron chi connectivity index (χ4n) is 3.53. The number of carbonyl (C=O) groups is 2. The first-order chi connectivity index (χ1) is 16.3. The highest BCUT2D eigenvalue weighted by molar-refractivity contribution is 6.30. The van der Waals surface area contributed by atoms with Crippen molar-refractivity contribution in [2.45, 2.75) is 72.5 Å². The molecule has 0 saturated carbocycles. The highest BCUT2D eigenvalue weighted by atomic mass is 35.5. The maximum atomic E-state index is 13.3. The fourth-order valence-corrected chi connectivity index (χ4v) is 3.74. The molecule has 34 heavy (non-hydrogen) atoms. The van der Waals surface area contributed by atoms with Gasteiger partial charge in [-0.25, -0.2) is 0 Å². The zero-order chi connectivity index (χ0) is 25.1. The van der Waals surface area contributed by atoms with Crippen LogP contribution in [0.15, 0.2) is 42.5 Å². The van der Waals surface area contributed by atoms with Gasteiger partial charge in [0, 0.05) is 24.0 Å². The van der Waals surface area contributed by atoms with Crippen LogP contribution in [-0.2, 0) is 22.6 Å². The summed E-state index contributed by atoms with van der Waals surface area (Å²) < 4.78 is 11.3. The van der Waals surface area contributed by atoms with Crippen molar-refractivity contribution < 1.29 is 19.1 Å². The van der Waals surface area contributed by atoms with Gasteiger partial charge in [-0.1, -0.05) is 36.7 Å². The fraction of sp³-hybridized carbons (Fsp3) is 0.481. The van der Waals surface area contributed by atoms with Gasteiger partial charge in [0.25, 0.3) is 0 Å². The quantitative estimate of drug-likeness (QED) is 0.409. The van der Waals surface area contributed by atoms with E-state index in [0.29, 0.717) is 42.7 Å². The number of ether oxygens (including phenoxy) is 2. The molecular weight excluding hydrogens is 452 g/mol. The Kier molecular flexibility index (Phi) is 11.2. The van der Waals surface area contributed by atoms with Crippen LogP contribution in [0, 0.1) is 0 Å². The average molecular weight is 489 g/mol. The second-order valence-electron chi connectivity index (χ2n) is 8.29. The van der Waals surface area contributed by atoms with Gasteiger partial charge < -0.3 is 19.7 Å². The normalized spacial score (nSPS) is 12.5. The third kappa shape index (κ3) is 8.24. The van der Waals surface area contributed by atoms with Crippen molar-refractivity contribution in [3.63, 3.8) is 0 Å². The number of hydrogen-bond donors (Lipinski definition) is 1. The molecule has 0 bridgehead atoms. The van der Waals surface area contributed by atoms with E-state index in [4.69, 9.17) is 21.1 Å². The number of hydrogen-bond acceptors (Lipinski definition) is 4. The van der Waals surface area contributed by atoms with Gasteiger partial charge in [-0.15, -0.1) is 0 Å². The van der Waals surface area contributed by atoms with Gasteiger partial charge >= 0.3 is 0 Å². The molecule has 6 nitrogen and oxygen atoms in total. The van der Waals surface area contributed by atoms with Crippen LogP contribution in [0.1, 0.15) is 58.6 Å². The van der Waals surface area contributed by atoms with Crippen molar-refractivity contribution in [1.29, 1.82) is 0 Å². The van der Waals surface area contributed by atoms with Crippen molar-refractivity contribution in [2.24, 2.45) is 0 Å². The Hall–Kier alpha value is -2.73. The minimum Gasteiger partial charge on any atom is -0.490 e. The minimum atomic E-state index is -0.611. The summed E-state index contributed by atoms with van der Waals surface area (Å²) in [7, 11) is 0. The van der Waals surface area contributed by atoms with Crippen molar-refractivity contribution in [2.75, 3.05) is 13.2 Å². The van der Waals surface area contributed by atoms with Crippen LogP contribution in [0.2, 0.25) is 5.02 Å². The summed E-state index contributed by atoms with van der Waals surface area (Å²) >= 11 is 6.15. The summed E-state index contributed by atoms with van der Waals surface area (Å²) in [5.74, 6) is 1.10. The highest BCUT2D eigenvalue weighted by Crippen LogP contribution is 2.29. The van der Waals surface area contributed by atoms with Crippen LogP contribution in [0.3, 0.4) is 0 Å². The van der Waals surface area contributed by atoms with E-state index in [1.165, 1.54) is 0 Å². The van der Waals surface area contributed by atoms with Gasteiger partial charge in [-0.3, -0.25) is 9.59 Å². The van der Waals surface area contributed by atoms with Crippen LogP contribution >= 0.6 is 11.6 Å². The third-order valence-electron chi connectivity index (χ3n) is 5.65. The Balaban J connectivity index is 2.18. The molecule has 1 N–H and O–H groups in total. The molecule has 2 atom stereocenters. The molecule has 0 aliphatic carbocycles. The van der Waals surface area contributed by atoms with Crippen LogP contribution in [-0.4, -0.2) is 42.0 Å². The number of aryl methyl sites for hydroxylation is 1. The third-order valence-corrected chi connectivity index (χ3v) is 5.88. The van der Waals surface area contributed by atoms with Crippen LogP contribution in [0.4, 0.5) is 0 Å². The van der Waals surface area contributed by atoms with E-state index >= 15 is 0 Å². The molecule has 0 radical (unpaired) electrons. The summed E-state index contributed by atoms with van der Waals surface area (Å²) in [6, 6.07) is 12.5. The van der Waals surface area contributed by atoms with Crippen LogP contribution in [0.25, 0.3) is 0 Å². The lowest BCUT2D eigenvalue weighted by Gasteiger charge is -2.30. The molecule has 186 valence electrons. The molecule has 2 amide bonds. The number of benzene rings is 2. The van der Waals surface area contributed by atoms with Crippen molar-refractivity contribution >= 4 is 23.4 Å². The Labute approximate surface area is 208 Å². The summed E-state index contributed by atoms with van der Waals surface area (Å²) in [6.07, 6.45) is 1.61. The van der Waals surface area contributed by atoms with E-state index in [0.717, 1.165) is 17.5 Å². The van der Waals surface area contributed by atoms with Crippen LogP contribution < -0.4 is 14.8 Å². The van der Waals surface area contributed by atoms with E-state index in [-0.39, 0.29) is 24.3 Å². The number of rotatable bonds is 13. The van der Waals surface area contributed by atoms with Crippen LogP contribution in [0.5, 0.6) is 11.5 Å². The highest BCUT2D eigenvalue weighted by Gasteiger charge is 2.26. The number of halogens is 1. The number of amides is 2. The van der Waals surface area contributed by atoms with Gasteiger partial charge in [0.1, 0.15) is 6.04 Å². The molecule has 2 aromatic rings. The Morgan fingerprint density at radius 2 is 1.68 bits per heavy atom. The maximum absolute atomic E-state index is 13.3. The van der Waals surface area contributed by atoms with Crippen molar-refractivity contribution in [3.8, 4) is 11.5 Å². The number of nitrogens with one attached hydrogen (secondary N) is 1. The summed E-state index contributed by atoms with van der Waals surface area (Å²) in [5.41, 5.74) is 1.85. The molecular formula is C27H37ClN2O4. The second kappa shape index (κ2) is 13.9. The molecule has 2 rings (SSSR count). The molecule has 0 aromatic heterocycles. The molecule has 0 fully saturated rings. The maximum Gasteiger partial charge on any atom is 0.242 e. The molecule has 0 heterocycles. The van der Waals surface area contributed by atoms with E-state index in [2.05, 4.69) is 5.32 Å². The van der Waals surface area contributed by atoms with Crippen molar-refractivity contribution in [1.82, 2.24) is 10.2 Å². The average Bonchev–Trinajstić information content (AvgIpc) is 2.82. The number of carbonyl (C=O) groups excluding carboxylic acids is 2. The summed E-state index contributed by atoms with van der Waals surface area (Å²) in [4.78, 5) is 27.8. The smallest absolute Gasteiger partial charge is 0.242 e. The van der Waals surface area contributed by atoms with Gasteiger partial charge in [-0.2, -0.15) is 0 Å². The second-order valence-corrected chi connectivity index (χ2v) is 8.73. The standard InChI is InChI=1S/C27H37ClN2O4/c1-6-19(4)29-27(32)20(5)30(18-22-10-9-11-23(28)16-22)26(31)15-13-21-12-14-24(33-7-2)25(17-21)34-8-3/h9-12,14,16-17,19-20H,6-8,13,15,18H2,1-5H3,(H,29,32). The van der Waals surface area contributed by atoms with Crippen molar-refractivity contribution in [3.05, 3.63) is 58.6 Å². The number of nitrogens with zero attached hydrogens (tertiary/aromatic N) is 1. The van der Waals surface area contributed by atoms with Gasteiger partial charge in [-0.05, 0) is 75.9 Å². The SMILES string of the molecule is CCOc1ccc(CCC(=O)N(Cc2cccc(Cl)c2)C(C)C(=O)NC(C)CC)cc1OCC. The van der Waals surface area contributed by atoms with E-state index < -0.39 is 6.04 Å². The van der Waals surface area contributed by atoms with E-state index in [1.807, 2.05) is 64.1 Å². The topological polar surface area (TPSA) is 67.9 Å². The molecule has 2 unspecified atom stereocenters. The lowest BCUT2D eigenvalue weighted by Crippen LogP contribution is -2.49. The van der Waals surface area contributed by atoms with Gasteiger partial charge in [0.15, 0.2) is 11.5 Å². The summed E-state index contributed by atoms with van der Waals surface area (Å²) in [5, 5.41) is 3.58. The first-order valence-electron chi connectivity index (χ1n) is 12.0. The molecule has 2 aromatic carbocycles. The molecule has 0 saturated heterocycles. The Morgan fingerprint density at radius 3 is 2.32 bits per heavy atom. The zero-order valence-electron chi connectivity index (χ0n) is 20.9. The lowest BCUT2D eigenvalue weighted by atomic mass is 10.1. The summed E-state index contributed by atoms with van der Waals surface area (Å²) in [6.45, 7) is 11.0. The predicted molar refractivity (Wildman–Crippen MR) is 136 cm³/mol. The first-order valence-corrected chi connectivity index (χ1v) is 12.4. The van der Waals surface area contributed by atoms with Gasteiger partial charge in [0.2, 0.25) is 11.8 Å². The molecule has 0 spiro atoms. The van der Waals surface area contributed by atoms with E-state index in [1.54, 1.807) is 17.9 Å². The minimum absolute atomic E-state index is 0.0407. The van der Waals surface area contributed by atoms with Gasteiger partial charge in [0.05, 0.1) is 13.2 Å². The Bertz CT molecular complexity index is 950. The monoisotopic (exact) mass is 488 g/mol. The van der Waals surface area contributed by atoms with E-state index in [9.17, 15) is 9.59 Å². The Morgan fingerprint density at radius 1 is 0.971 bits per heavy atom. The molecule has 0 aliphatic rings. The lowest BCUT2D eigenvalue weighted by molar-refractivity contribution is -0.140. The zero-order valence-corrected chi connectivity index (χ0v) is 21.7. The molecule has 7 heteroatoms. The molecule has 0 aliphatic heterocycles. The largest absolute Gasteiger partial charge is 0.490 e. The predicted octanol–water partition coefficient (Wildman–Crippen LogP) is 5.40.